The highest BCUT2D eigenvalue weighted by Gasteiger charge is 2.14. The summed E-state index contributed by atoms with van der Waals surface area (Å²) >= 11 is 6.91. The topological polar surface area (TPSA) is 50.7 Å². The molecule has 0 saturated heterocycles. The summed E-state index contributed by atoms with van der Waals surface area (Å²) in [6.45, 7) is 5.84. The van der Waals surface area contributed by atoms with Crippen LogP contribution in [-0.4, -0.2) is 14.5 Å². The van der Waals surface area contributed by atoms with Crippen molar-refractivity contribution < 1.29 is 0 Å². The second-order valence-corrected chi connectivity index (χ2v) is 6.28. The predicted molar refractivity (Wildman–Crippen MR) is 84.6 cm³/mol. The summed E-state index contributed by atoms with van der Waals surface area (Å²) in [5.41, 5.74) is 2.43. The fourth-order valence-electron chi connectivity index (χ4n) is 2.26. The number of aryl methyl sites for hydroxylation is 3. The van der Waals surface area contributed by atoms with Crippen LogP contribution >= 0.6 is 23.6 Å². The first-order chi connectivity index (χ1) is 9.50. The number of H-pyrrole nitrogens is 1. The van der Waals surface area contributed by atoms with E-state index in [0.29, 0.717) is 10.2 Å². The van der Waals surface area contributed by atoms with Gasteiger partial charge in [-0.2, -0.15) is 0 Å². The Hall–Kier alpha value is -1.79. The molecule has 102 valence electrons. The molecule has 0 spiro atoms. The van der Waals surface area contributed by atoms with Gasteiger partial charge in [-0.15, -0.1) is 11.3 Å². The van der Waals surface area contributed by atoms with Crippen molar-refractivity contribution in [2.45, 2.75) is 20.8 Å². The number of aromatic amines is 1. The molecule has 3 aromatic rings. The van der Waals surface area contributed by atoms with Crippen LogP contribution in [0.15, 0.2) is 23.1 Å². The lowest BCUT2D eigenvalue weighted by Crippen LogP contribution is -2.21. The van der Waals surface area contributed by atoms with E-state index in [2.05, 4.69) is 9.97 Å². The van der Waals surface area contributed by atoms with E-state index < -0.39 is 0 Å². The summed E-state index contributed by atoms with van der Waals surface area (Å²) in [5.74, 6) is 0. The number of thiophene rings is 1. The third kappa shape index (κ3) is 1.83. The molecule has 3 aromatic heterocycles. The molecule has 0 fully saturated rings. The molecule has 0 aliphatic rings. The highest BCUT2D eigenvalue weighted by atomic mass is 32.1. The molecular formula is C14H13N3OS2. The Morgan fingerprint density at radius 1 is 1.35 bits per heavy atom. The molecule has 4 nitrogen and oxygen atoms in total. The zero-order valence-electron chi connectivity index (χ0n) is 11.4. The van der Waals surface area contributed by atoms with E-state index in [1.54, 1.807) is 23.6 Å². The van der Waals surface area contributed by atoms with E-state index in [9.17, 15) is 4.79 Å². The molecule has 3 heterocycles. The van der Waals surface area contributed by atoms with Crippen LogP contribution in [-0.2, 0) is 0 Å². The van der Waals surface area contributed by atoms with Gasteiger partial charge in [0.1, 0.15) is 4.83 Å². The monoisotopic (exact) mass is 303 g/mol. The summed E-state index contributed by atoms with van der Waals surface area (Å²) in [6, 6.07) is 3.66. The lowest BCUT2D eigenvalue weighted by Gasteiger charge is -2.08. The van der Waals surface area contributed by atoms with Crippen LogP contribution in [0.4, 0.5) is 0 Å². The number of nitrogens with zero attached hydrogens (tertiary/aromatic N) is 2. The molecule has 3 rings (SSSR count). The van der Waals surface area contributed by atoms with E-state index in [-0.39, 0.29) is 5.56 Å². The molecule has 0 bridgehead atoms. The Balaban J connectivity index is 2.50. The molecule has 0 aromatic carbocycles. The maximum Gasteiger partial charge on any atom is 0.267 e. The van der Waals surface area contributed by atoms with E-state index in [0.717, 1.165) is 26.7 Å². The van der Waals surface area contributed by atoms with Crippen LogP contribution in [0.5, 0.6) is 0 Å². The SMILES string of the molecule is Cc1ncccc1-n1c(=S)[nH]c2sc(C)c(C)c2c1=O. The van der Waals surface area contributed by atoms with E-state index in [1.165, 1.54) is 4.57 Å². The smallest absolute Gasteiger partial charge is 0.267 e. The second kappa shape index (κ2) is 4.64. The lowest BCUT2D eigenvalue weighted by atomic mass is 10.2. The molecule has 0 aliphatic heterocycles. The molecule has 0 saturated carbocycles. The Morgan fingerprint density at radius 3 is 2.80 bits per heavy atom. The molecule has 0 unspecified atom stereocenters. The standard InChI is InChI=1S/C14H13N3OS2/c1-7-9(3)20-12-11(7)13(18)17(14(19)16-12)10-5-4-6-15-8(10)2/h4-6H,1-3H3,(H,16,19). The highest BCUT2D eigenvalue weighted by Crippen LogP contribution is 2.26. The second-order valence-electron chi connectivity index (χ2n) is 4.67. The van der Waals surface area contributed by atoms with Crippen molar-refractivity contribution in [3.63, 3.8) is 0 Å². The van der Waals surface area contributed by atoms with Crippen LogP contribution in [0.1, 0.15) is 16.1 Å². The Morgan fingerprint density at radius 2 is 2.10 bits per heavy atom. The van der Waals surface area contributed by atoms with Gasteiger partial charge in [-0.3, -0.25) is 14.3 Å². The molecule has 0 radical (unpaired) electrons. The summed E-state index contributed by atoms with van der Waals surface area (Å²) < 4.78 is 1.93. The first-order valence-corrected chi connectivity index (χ1v) is 7.40. The predicted octanol–water partition coefficient (Wildman–Crippen LogP) is 3.43. The van der Waals surface area contributed by atoms with Crippen LogP contribution in [0.2, 0.25) is 0 Å². The number of aromatic nitrogens is 3. The lowest BCUT2D eigenvalue weighted by molar-refractivity contribution is 0.917. The number of hydrogen-bond donors (Lipinski definition) is 1. The van der Waals surface area contributed by atoms with Gasteiger partial charge in [0.2, 0.25) is 0 Å². The number of hydrogen-bond acceptors (Lipinski definition) is 4. The first-order valence-electron chi connectivity index (χ1n) is 6.17. The number of pyridine rings is 1. The van der Waals surface area contributed by atoms with Crippen molar-refractivity contribution in [3.8, 4) is 5.69 Å². The molecule has 1 N–H and O–H groups in total. The van der Waals surface area contributed by atoms with Crippen molar-refractivity contribution in [2.24, 2.45) is 0 Å². The zero-order valence-corrected chi connectivity index (χ0v) is 13.0. The third-order valence-electron chi connectivity index (χ3n) is 3.45. The van der Waals surface area contributed by atoms with Crippen LogP contribution in [0, 0.1) is 25.5 Å². The van der Waals surface area contributed by atoms with E-state index >= 15 is 0 Å². The maximum atomic E-state index is 12.8. The van der Waals surface area contributed by atoms with E-state index in [4.69, 9.17) is 12.2 Å². The molecule has 0 amide bonds. The maximum absolute atomic E-state index is 12.8. The van der Waals surface area contributed by atoms with Crippen molar-refractivity contribution in [2.75, 3.05) is 0 Å². The summed E-state index contributed by atoms with van der Waals surface area (Å²) in [7, 11) is 0. The Labute approximate surface area is 124 Å². The molecule has 0 aliphatic carbocycles. The third-order valence-corrected chi connectivity index (χ3v) is 4.85. The Bertz CT molecular complexity index is 934. The summed E-state index contributed by atoms with van der Waals surface area (Å²) in [5, 5.41) is 0.712. The minimum absolute atomic E-state index is 0.0818. The Kier molecular flexibility index (Phi) is 3.07. The fourth-order valence-corrected chi connectivity index (χ4v) is 3.66. The van der Waals surface area contributed by atoms with Crippen molar-refractivity contribution >= 4 is 33.8 Å². The van der Waals surface area contributed by atoms with Crippen LogP contribution in [0.3, 0.4) is 0 Å². The average Bonchev–Trinajstić information content (AvgIpc) is 2.67. The van der Waals surface area contributed by atoms with Crippen molar-refractivity contribution in [1.29, 1.82) is 0 Å². The quantitative estimate of drug-likeness (QED) is 0.701. The van der Waals surface area contributed by atoms with Crippen LogP contribution in [0.25, 0.3) is 15.9 Å². The van der Waals surface area contributed by atoms with Crippen molar-refractivity contribution in [1.82, 2.24) is 14.5 Å². The van der Waals surface area contributed by atoms with Crippen molar-refractivity contribution in [3.05, 3.63) is 49.6 Å². The van der Waals surface area contributed by atoms with Gasteiger partial charge in [0, 0.05) is 11.1 Å². The van der Waals surface area contributed by atoms with Gasteiger partial charge >= 0.3 is 0 Å². The first kappa shape index (κ1) is 13.2. The molecule has 20 heavy (non-hydrogen) atoms. The highest BCUT2D eigenvalue weighted by molar-refractivity contribution is 7.71. The van der Waals surface area contributed by atoms with Crippen LogP contribution < -0.4 is 5.56 Å². The number of nitrogens with one attached hydrogen (secondary N) is 1. The largest absolute Gasteiger partial charge is 0.323 e. The molecular weight excluding hydrogens is 290 g/mol. The van der Waals surface area contributed by atoms with Gasteiger partial charge < -0.3 is 4.98 Å². The summed E-state index contributed by atoms with van der Waals surface area (Å²) in [4.78, 5) is 22.1. The van der Waals surface area contributed by atoms with Gasteiger partial charge in [-0.05, 0) is 50.7 Å². The van der Waals surface area contributed by atoms with Gasteiger partial charge in [-0.1, -0.05) is 0 Å². The molecule has 6 heteroatoms. The van der Waals surface area contributed by atoms with Gasteiger partial charge in [0.15, 0.2) is 4.77 Å². The van der Waals surface area contributed by atoms with Gasteiger partial charge in [0.05, 0.1) is 16.8 Å². The molecule has 0 atom stereocenters. The van der Waals surface area contributed by atoms with E-state index in [1.807, 2.05) is 26.8 Å². The number of rotatable bonds is 1. The number of fused-ring (bicyclic) bond motifs is 1. The minimum Gasteiger partial charge on any atom is -0.323 e. The fraction of sp³-hybridized carbons (Fsp3) is 0.214. The zero-order chi connectivity index (χ0) is 14.4. The normalized spacial score (nSPS) is 11.2. The average molecular weight is 303 g/mol. The minimum atomic E-state index is -0.0818. The van der Waals surface area contributed by atoms with Gasteiger partial charge in [0.25, 0.3) is 5.56 Å². The summed E-state index contributed by atoms with van der Waals surface area (Å²) in [6.07, 6.45) is 1.70. The van der Waals surface area contributed by atoms with Gasteiger partial charge in [-0.25, -0.2) is 0 Å².